The fourth-order valence-corrected chi connectivity index (χ4v) is 2.75. The quantitative estimate of drug-likeness (QED) is 0.526. The van der Waals surface area contributed by atoms with Crippen LogP contribution in [0.1, 0.15) is 0 Å². The van der Waals surface area contributed by atoms with Gasteiger partial charge in [-0.15, -0.1) is 10.2 Å². The first kappa shape index (κ1) is 21.2. The fourth-order valence-electron chi connectivity index (χ4n) is 2.58. The first-order valence-corrected chi connectivity index (χ1v) is 9.46. The summed E-state index contributed by atoms with van der Waals surface area (Å²) in [6.07, 6.45) is 0. The van der Waals surface area contributed by atoms with E-state index in [-0.39, 0.29) is 13.2 Å². The van der Waals surface area contributed by atoms with E-state index in [0.29, 0.717) is 22.3 Å². The molecule has 0 atom stereocenters. The second-order valence-electron chi connectivity index (χ2n) is 6.06. The molecule has 0 unspecified atom stereocenters. The smallest absolute Gasteiger partial charge is 0.319 e. The number of aromatic nitrogens is 2. The van der Waals surface area contributed by atoms with E-state index in [1.165, 1.54) is 7.11 Å². The number of methoxy groups -OCH3 is 2. The number of amides is 2. The lowest BCUT2D eigenvalue weighted by Gasteiger charge is -2.11. The van der Waals surface area contributed by atoms with E-state index in [2.05, 4.69) is 20.8 Å². The summed E-state index contributed by atoms with van der Waals surface area (Å²) >= 11 is 5.95. The molecular weight excluding hydrogens is 408 g/mol. The fraction of sp³-hybridized carbons (Fsp3) is 0.190. The number of hydrogen-bond acceptors (Lipinski definition) is 6. The summed E-state index contributed by atoms with van der Waals surface area (Å²) in [5.41, 5.74) is 2.12. The number of nitrogens with one attached hydrogen (secondary N) is 2. The normalized spacial score (nSPS) is 10.2. The molecule has 2 N–H and O–H groups in total. The Balaban J connectivity index is 1.45. The highest BCUT2D eigenvalue weighted by Crippen LogP contribution is 2.27. The SMILES string of the molecule is COc1ccc(-c2ccc(OCCNC(=O)Nc3cc(Cl)ccc3OC)nn2)cc1. The van der Waals surface area contributed by atoms with E-state index in [4.69, 9.17) is 25.8 Å². The van der Waals surface area contributed by atoms with E-state index >= 15 is 0 Å². The van der Waals surface area contributed by atoms with Gasteiger partial charge in [-0.3, -0.25) is 0 Å². The maximum Gasteiger partial charge on any atom is 0.319 e. The molecule has 9 heteroatoms. The molecule has 2 aromatic carbocycles. The predicted molar refractivity (Wildman–Crippen MR) is 115 cm³/mol. The van der Waals surface area contributed by atoms with Crippen molar-refractivity contribution in [2.24, 2.45) is 0 Å². The molecule has 0 aliphatic carbocycles. The van der Waals surface area contributed by atoms with Gasteiger partial charge in [-0.05, 0) is 48.5 Å². The van der Waals surface area contributed by atoms with E-state index in [1.54, 1.807) is 31.4 Å². The molecule has 3 rings (SSSR count). The molecule has 30 heavy (non-hydrogen) atoms. The van der Waals surface area contributed by atoms with E-state index < -0.39 is 6.03 Å². The average Bonchev–Trinajstić information content (AvgIpc) is 2.77. The Labute approximate surface area is 179 Å². The van der Waals surface area contributed by atoms with Gasteiger partial charge in [0.05, 0.1) is 32.1 Å². The van der Waals surface area contributed by atoms with Crippen molar-refractivity contribution in [3.8, 4) is 28.6 Å². The molecule has 0 aliphatic rings. The average molecular weight is 429 g/mol. The third-order valence-corrected chi connectivity index (χ3v) is 4.31. The number of carbonyl (C=O) groups is 1. The highest BCUT2D eigenvalue weighted by atomic mass is 35.5. The van der Waals surface area contributed by atoms with Gasteiger partial charge in [-0.25, -0.2) is 4.79 Å². The molecule has 156 valence electrons. The summed E-state index contributed by atoms with van der Waals surface area (Å²) in [4.78, 5) is 12.0. The molecule has 2 amide bonds. The van der Waals surface area contributed by atoms with E-state index in [9.17, 15) is 4.79 Å². The third kappa shape index (κ3) is 5.74. The van der Waals surface area contributed by atoms with E-state index in [0.717, 1.165) is 17.0 Å². The molecule has 0 bridgehead atoms. The van der Waals surface area contributed by atoms with Crippen LogP contribution in [0.2, 0.25) is 5.02 Å². The number of hydrogen-bond donors (Lipinski definition) is 2. The molecule has 0 saturated carbocycles. The largest absolute Gasteiger partial charge is 0.497 e. The first-order valence-electron chi connectivity index (χ1n) is 9.08. The van der Waals surface area contributed by atoms with Crippen LogP contribution in [-0.4, -0.2) is 43.6 Å². The Kier molecular flexibility index (Phi) is 7.29. The Morgan fingerprint density at radius 3 is 2.47 bits per heavy atom. The molecule has 3 aromatic rings. The molecular formula is C21H21ClN4O4. The number of benzene rings is 2. The van der Waals surface area contributed by atoms with Crippen molar-refractivity contribution >= 4 is 23.3 Å². The molecule has 0 radical (unpaired) electrons. The van der Waals surface area contributed by atoms with Crippen molar-refractivity contribution in [3.05, 3.63) is 59.6 Å². The predicted octanol–water partition coefficient (Wildman–Crippen LogP) is 4.01. The lowest BCUT2D eigenvalue weighted by Crippen LogP contribution is -2.32. The Bertz CT molecular complexity index is 981. The van der Waals surface area contributed by atoms with Crippen LogP contribution in [0.15, 0.2) is 54.6 Å². The molecule has 1 heterocycles. The Morgan fingerprint density at radius 2 is 1.80 bits per heavy atom. The van der Waals surface area contributed by atoms with Crippen LogP contribution in [0.25, 0.3) is 11.3 Å². The summed E-state index contributed by atoms with van der Waals surface area (Å²) in [6, 6.07) is 15.6. The highest BCUT2D eigenvalue weighted by molar-refractivity contribution is 6.31. The standard InChI is InChI=1S/C21H21ClN4O4/c1-28-16-6-3-14(4-7-16)17-8-10-20(26-25-17)30-12-11-23-21(27)24-18-13-15(22)5-9-19(18)29-2/h3-10,13H,11-12H2,1-2H3,(H2,23,24,27). The minimum Gasteiger partial charge on any atom is -0.497 e. The number of ether oxygens (including phenoxy) is 3. The second-order valence-corrected chi connectivity index (χ2v) is 6.50. The number of urea groups is 1. The van der Waals surface area contributed by atoms with Gasteiger partial charge in [0.1, 0.15) is 18.1 Å². The lowest BCUT2D eigenvalue weighted by molar-refractivity contribution is 0.246. The van der Waals surface area contributed by atoms with Crippen molar-refractivity contribution in [2.75, 3.05) is 32.7 Å². The van der Waals surface area contributed by atoms with Crippen molar-refractivity contribution in [1.82, 2.24) is 15.5 Å². The Hall–Kier alpha value is -3.52. The van der Waals surface area contributed by atoms with E-state index in [1.807, 2.05) is 30.3 Å². The summed E-state index contributed by atoms with van der Waals surface area (Å²) < 4.78 is 15.8. The molecule has 1 aromatic heterocycles. The van der Waals surface area contributed by atoms with Crippen molar-refractivity contribution in [3.63, 3.8) is 0 Å². The molecule has 0 saturated heterocycles. The number of anilines is 1. The van der Waals surface area contributed by atoms with Crippen LogP contribution < -0.4 is 24.8 Å². The van der Waals surface area contributed by atoms with Gasteiger partial charge >= 0.3 is 6.03 Å². The van der Waals surface area contributed by atoms with Crippen LogP contribution in [0.5, 0.6) is 17.4 Å². The topological polar surface area (TPSA) is 94.6 Å². The van der Waals surface area contributed by atoms with Gasteiger partial charge in [-0.1, -0.05) is 11.6 Å². The van der Waals surface area contributed by atoms with Crippen molar-refractivity contribution < 1.29 is 19.0 Å². The van der Waals surface area contributed by atoms with Crippen LogP contribution in [0.3, 0.4) is 0 Å². The maximum atomic E-state index is 12.0. The molecule has 0 fully saturated rings. The summed E-state index contributed by atoms with van der Waals surface area (Å²) in [6.45, 7) is 0.507. The minimum absolute atomic E-state index is 0.233. The third-order valence-electron chi connectivity index (χ3n) is 4.07. The summed E-state index contributed by atoms with van der Waals surface area (Å²) in [7, 11) is 3.13. The zero-order chi connectivity index (χ0) is 21.3. The number of halogens is 1. The zero-order valence-electron chi connectivity index (χ0n) is 16.5. The van der Waals surface area contributed by atoms with Gasteiger partial charge in [0.25, 0.3) is 0 Å². The maximum absolute atomic E-state index is 12.0. The molecule has 0 aliphatic heterocycles. The number of rotatable bonds is 8. The highest BCUT2D eigenvalue weighted by Gasteiger charge is 2.08. The second kappa shape index (κ2) is 10.3. The van der Waals surface area contributed by atoms with Crippen LogP contribution in [-0.2, 0) is 0 Å². The number of carbonyl (C=O) groups excluding carboxylic acids is 1. The van der Waals surface area contributed by atoms with Gasteiger partial charge in [0.2, 0.25) is 5.88 Å². The van der Waals surface area contributed by atoms with Crippen molar-refractivity contribution in [2.45, 2.75) is 0 Å². The van der Waals surface area contributed by atoms with Gasteiger partial charge in [-0.2, -0.15) is 0 Å². The summed E-state index contributed by atoms with van der Waals surface area (Å²) in [5.74, 6) is 1.65. The summed E-state index contributed by atoms with van der Waals surface area (Å²) in [5, 5.41) is 14.1. The first-order chi connectivity index (χ1) is 14.6. The van der Waals surface area contributed by atoms with Crippen molar-refractivity contribution in [1.29, 1.82) is 0 Å². The minimum atomic E-state index is -0.403. The van der Waals surface area contributed by atoms with Crippen LogP contribution >= 0.6 is 11.6 Å². The molecule has 0 spiro atoms. The number of nitrogens with zero attached hydrogens (tertiary/aromatic N) is 2. The lowest BCUT2D eigenvalue weighted by atomic mass is 10.1. The van der Waals surface area contributed by atoms with Gasteiger partial charge in [0.15, 0.2) is 0 Å². The van der Waals surface area contributed by atoms with Crippen LogP contribution in [0.4, 0.5) is 10.5 Å². The van der Waals surface area contributed by atoms with Gasteiger partial charge in [0, 0.05) is 16.7 Å². The Morgan fingerprint density at radius 1 is 1.00 bits per heavy atom. The monoisotopic (exact) mass is 428 g/mol. The molecule has 8 nitrogen and oxygen atoms in total. The van der Waals surface area contributed by atoms with Crippen LogP contribution in [0, 0.1) is 0 Å². The van der Waals surface area contributed by atoms with Gasteiger partial charge < -0.3 is 24.8 Å². The zero-order valence-corrected chi connectivity index (χ0v) is 17.3.